The van der Waals surface area contributed by atoms with Gasteiger partial charge in [0.15, 0.2) is 0 Å². The molecule has 0 aliphatic carbocycles. The third-order valence-electron chi connectivity index (χ3n) is 2.33. The van der Waals surface area contributed by atoms with E-state index in [2.05, 4.69) is 0 Å². The van der Waals surface area contributed by atoms with E-state index in [4.69, 9.17) is 5.73 Å². The summed E-state index contributed by atoms with van der Waals surface area (Å²) in [7, 11) is 0. The fourth-order valence-electron chi connectivity index (χ4n) is 1.67. The minimum Gasteiger partial charge on any atom is -0.324 e. The van der Waals surface area contributed by atoms with Crippen LogP contribution in [-0.4, -0.2) is 6.67 Å². The van der Waals surface area contributed by atoms with E-state index in [0.717, 1.165) is 16.7 Å². The van der Waals surface area contributed by atoms with Gasteiger partial charge in [-0.05, 0) is 37.0 Å². The Morgan fingerprint density at radius 3 is 2.31 bits per heavy atom. The predicted octanol–water partition coefficient (Wildman–Crippen LogP) is 2.66. The van der Waals surface area contributed by atoms with E-state index < -0.39 is 0 Å². The van der Waals surface area contributed by atoms with Crippen molar-refractivity contribution >= 4 is 0 Å². The van der Waals surface area contributed by atoms with Crippen molar-refractivity contribution in [2.24, 2.45) is 5.73 Å². The largest absolute Gasteiger partial charge is 0.324 e. The number of aryl methyl sites for hydroxylation is 2. The lowest BCUT2D eigenvalue weighted by atomic mass is 9.95. The number of benzene rings is 1. The van der Waals surface area contributed by atoms with Crippen LogP contribution in [0.1, 0.15) is 29.2 Å². The van der Waals surface area contributed by atoms with E-state index in [1.165, 1.54) is 0 Å². The molecule has 0 radical (unpaired) electrons. The molecule has 1 rings (SSSR count). The quantitative estimate of drug-likeness (QED) is 0.762. The first-order chi connectivity index (χ1) is 6.16. The minimum absolute atomic E-state index is 0.161. The molecule has 1 atom stereocenters. The molecule has 13 heavy (non-hydrogen) atoms. The van der Waals surface area contributed by atoms with E-state index in [1.807, 2.05) is 32.0 Å². The fraction of sp³-hybridized carbons (Fsp3) is 0.455. The number of nitrogens with two attached hydrogens (primary N) is 1. The Morgan fingerprint density at radius 2 is 1.85 bits per heavy atom. The van der Waals surface area contributed by atoms with Gasteiger partial charge in [-0.3, -0.25) is 4.39 Å². The van der Waals surface area contributed by atoms with Crippen molar-refractivity contribution in [2.45, 2.75) is 26.3 Å². The predicted molar refractivity (Wildman–Crippen MR) is 53.4 cm³/mol. The summed E-state index contributed by atoms with van der Waals surface area (Å²) in [5, 5.41) is 0. The van der Waals surface area contributed by atoms with Crippen LogP contribution in [0.3, 0.4) is 0 Å². The maximum Gasteiger partial charge on any atom is 0.0912 e. The minimum atomic E-state index is -0.352. The summed E-state index contributed by atoms with van der Waals surface area (Å²) >= 11 is 0. The summed E-state index contributed by atoms with van der Waals surface area (Å²) in [5.41, 5.74) is 9.27. The molecule has 0 aliphatic rings. The van der Waals surface area contributed by atoms with Crippen molar-refractivity contribution in [3.05, 3.63) is 34.9 Å². The van der Waals surface area contributed by atoms with Crippen molar-refractivity contribution < 1.29 is 4.39 Å². The summed E-state index contributed by atoms with van der Waals surface area (Å²) in [4.78, 5) is 0. The average molecular weight is 181 g/mol. The summed E-state index contributed by atoms with van der Waals surface area (Å²) in [6.07, 6.45) is 0.408. The first kappa shape index (κ1) is 10.2. The molecule has 1 nitrogen and oxygen atoms in total. The van der Waals surface area contributed by atoms with Gasteiger partial charge in [-0.15, -0.1) is 0 Å². The fourth-order valence-corrected chi connectivity index (χ4v) is 1.67. The second kappa shape index (κ2) is 4.38. The van der Waals surface area contributed by atoms with E-state index >= 15 is 0 Å². The van der Waals surface area contributed by atoms with E-state index in [9.17, 15) is 4.39 Å². The van der Waals surface area contributed by atoms with Gasteiger partial charge in [0.1, 0.15) is 0 Å². The van der Waals surface area contributed by atoms with E-state index in [-0.39, 0.29) is 12.7 Å². The van der Waals surface area contributed by atoms with E-state index in [0.29, 0.717) is 6.42 Å². The number of hydrogen-bond donors (Lipinski definition) is 1. The van der Waals surface area contributed by atoms with Crippen LogP contribution in [0.5, 0.6) is 0 Å². The van der Waals surface area contributed by atoms with Gasteiger partial charge in [-0.2, -0.15) is 0 Å². The Morgan fingerprint density at radius 1 is 1.31 bits per heavy atom. The second-order valence-electron chi connectivity index (χ2n) is 3.39. The molecule has 0 saturated heterocycles. The molecular weight excluding hydrogens is 165 g/mol. The highest BCUT2D eigenvalue weighted by atomic mass is 19.1. The summed E-state index contributed by atoms with van der Waals surface area (Å²) in [5.74, 6) is 0. The summed E-state index contributed by atoms with van der Waals surface area (Å²) in [6.45, 7) is 3.68. The third-order valence-corrected chi connectivity index (χ3v) is 2.33. The molecule has 0 spiro atoms. The van der Waals surface area contributed by atoms with Crippen LogP contribution >= 0.6 is 0 Å². The van der Waals surface area contributed by atoms with Gasteiger partial charge < -0.3 is 5.73 Å². The zero-order valence-corrected chi connectivity index (χ0v) is 8.18. The number of hydrogen-bond acceptors (Lipinski definition) is 1. The SMILES string of the molecule is Cc1cccc(C)c1[C@H](N)CCF. The third kappa shape index (κ3) is 2.28. The standard InChI is InChI=1S/C11H16FN/c1-8-4-3-5-9(2)11(8)10(13)6-7-12/h3-5,10H,6-7,13H2,1-2H3/t10-/m1/s1. The molecule has 0 unspecified atom stereocenters. The Bertz CT molecular complexity index is 263. The van der Waals surface area contributed by atoms with Crippen LogP contribution in [0.2, 0.25) is 0 Å². The maximum atomic E-state index is 12.1. The van der Waals surface area contributed by atoms with Gasteiger partial charge in [0.25, 0.3) is 0 Å². The zero-order valence-electron chi connectivity index (χ0n) is 8.18. The normalized spacial score (nSPS) is 12.9. The van der Waals surface area contributed by atoms with Gasteiger partial charge in [0.2, 0.25) is 0 Å². The van der Waals surface area contributed by atoms with Gasteiger partial charge in [-0.25, -0.2) is 0 Å². The first-order valence-electron chi connectivity index (χ1n) is 4.54. The maximum absolute atomic E-state index is 12.1. The number of rotatable bonds is 3. The second-order valence-corrected chi connectivity index (χ2v) is 3.39. The highest BCUT2D eigenvalue weighted by Crippen LogP contribution is 2.22. The molecule has 0 bridgehead atoms. The smallest absolute Gasteiger partial charge is 0.0912 e. The van der Waals surface area contributed by atoms with Crippen LogP contribution in [0.15, 0.2) is 18.2 Å². The van der Waals surface area contributed by atoms with Gasteiger partial charge >= 0.3 is 0 Å². The molecule has 0 fully saturated rings. The molecule has 0 saturated carbocycles. The van der Waals surface area contributed by atoms with Crippen LogP contribution in [0.4, 0.5) is 4.39 Å². The zero-order chi connectivity index (χ0) is 9.84. The number of halogens is 1. The van der Waals surface area contributed by atoms with Crippen LogP contribution in [0.25, 0.3) is 0 Å². The van der Waals surface area contributed by atoms with Crippen molar-refractivity contribution in [1.82, 2.24) is 0 Å². The first-order valence-corrected chi connectivity index (χ1v) is 4.54. The molecule has 0 heterocycles. The van der Waals surface area contributed by atoms with Gasteiger partial charge in [0.05, 0.1) is 6.67 Å². The molecular formula is C11H16FN. The average Bonchev–Trinajstić information content (AvgIpc) is 2.04. The van der Waals surface area contributed by atoms with Gasteiger partial charge in [0, 0.05) is 6.04 Å². The highest BCUT2D eigenvalue weighted by Gasteiger charge is 2.10. The molecule has 2 heteroatoms. The molecule has 0 amide bonds. The topological polar surface area (TPSA) is 26.0 Å². The van der Waals surface area contributed by atoms with Crippen molar-refractivity contribution in [1.29, 1.82) is 0 Å². The van der Waals surface area contributed by atoms with Crippen molar-refractivity contribution in [2.75, 3.05) is 6.67 Å². The van der Waals surface area contributed by atoms with E-state index in [1.54, 1.807) is 0 Å². The highest BCUT2D eigenvalue weighted by molar-refractivity contribution is 5.35. The Hall–Kier alpha value is -0.890. The van der Waals surface area contributed by atoms with Crippen molar-refractivity contribution in [3.8, 4) is 0 Å². The Labute approximate surface area is 78.8 Å². The van der Waals surface area contributed by atoms with Crippen molar-refractivity contribution in [3.63, 3.8) is 0 Å². The molecule has 1 aromatic carbocycles. The lowest BCUT2D eigenvalue weighted by Gasteiger charge is -2.15. The summed E-state index contributed by atoms with van der Waals surface area (Å²) < 4.78 is 12.1. The lowest BCUT2D eigenvalue weighted by molar-refractivity contribution is 0.441. The summed E-state index contributed by atoms with van der Waals surface area (Å²) in [6, 6.07) is 5.86. The Balaban J connectivity index is 2.98. The molecule has 72 valence electrons. The van der Waals surface area contributed by atoms with Gasteiger partial charge in [-0.1, -0.05) is 18.2 Å². The number of alkyl halides is 1. The van der Waals surface area contributed by atoms with Crippen LogP contribution in [0, 0.1) is 13.8 Å². The molecule has 2 N–H and O–H groups in total. The monoisotopic (exact) mass is 181 g/mol. The lowest BCUT2D eigenvalue weighted by Crippen LogP contribution is -2.13. The van der Waals surface area contributed by atoms with Crippen LogP contribution in [-0.2, 0) is 0 Å². The Kier molecular flexibility index (Phi) is 3.43. The van der Waals surface area contributed by atoms with Crippen LogP contribution < -0.4 is 5.73 Å². The molecule has 0 aliphatic heterocycles. The molecule has 0 aromatic heterocycles. The molecule has 1 aromatic rings.